The van der Waals surface area contributed by atoms with E-state index < -0.39 is 0 Å². The van der Waals surface area contributed by atoms with E-state index in [-0.39, 0.29) is 11.4 Å². The van der Waals surface area contributed by atoms with Crippen LogP contribution in [0.4, 0.5) is 4.79 Å². The van der Waals surface area contributed by atoms with E-state index in [1.54, 1.807) is 4.90 Å². The molecule has 0 spiro atoms. The lowest BCUT2D eigenvalue weighted by atomic mass is 9.73. The molecule has 4 heteroatoms. The summed E-state index contributed by atoms with van der Waals surface area (Å²) >= 11 is 0. The number of fused-ring (bicyclic) bond motifs is 1. The highest BCUT2D eigenvalue weighted by Gasteiger charge is 2.53. The summed E-state index contributed by atoms with van der Waals surface area (Å²) in [6.45, 7) is 1.72. The molecule has 0 aromatic heterocycles. The Morgan fingerprint density at radius 2 is 1.75 bits per heavy atom. The van der Waals surface area contributed by atoms with Crippen LogP contribution in [0.3, 0.4) is 0 Å². The molecule has 4 nitrogen and oxygen atoms in total. The number of nitriles is 1. The second kappa shape index (κ2) is 4.95. The molecule has 3 aliphatic rings. The molecule has 0 aromatic rings. The lowest BCUT2D eigenvalue weighted by Gasteiger charge is -2.30. The fourth-order valence-corrected chi connectivity index (χ4v) is 4.85. The molecule has 1 saturated heterocycles. The summed E-state index contributed by atoms with van der Waals surface area (Å²) < 4.78 is 0. The summed E-state index contributed by atoms with van der Waals surface area (Å²) in [6.07, 6.45) is 7.14. The third-order valence-electron chi connectivity index (χ3n) is 5.84. The molecular formula is C16H25N3O. The molecule has 3 fully saturated rings. The molecule has 0 aromatic carbocycles. The minimum Gasteiger partial charge on any atom is -0.331 e. The Labute approximate surface area is 121 Å². The van der Waals surface area contributed by atoms with Gasteiger partial charge < -0.3 is 9.80 Å². The minimum atomic E-state index is -0.0703. The number of carbonyl (C=O) groups excluding carboxylic acids is 1. The van der Waals surface area contributed by atoms with Gasteiger partial charge in [-0.1, -0.05) is 12.8 Å². The Kier molecular flexibility index (Phi) is 3.40. The van der Waals surface area contributed by atoms with Gasteiger partial charge in [0.15, 0.2) is 0 Å². The van der Waals surface area contributed by atoms with E-state index in [0.717, 1.165) is 25.9 Å². The molecule has 1 aliphatic heterocycles. The molecule has 110 valence electrons. The first-order valence-electron chi connectivity index (χ1n) is 7.93. The van der Waals surface area contributed by atoms with E-state index in [2.05, 4.69) is 6.07 Å². The van der Waals surface area contributed by atoms with Gasteiger partial charge in [0, 0.05) is 27.2 Å². The van der Waals surface area contributed by atoms with Crippen LogP contribution in [0.2, 0.25) is 0 Å². The van der Waals surface area contributed by atoms with Crippen molar-refractivity contribution in [3.63, 3.8) is 0 Å². The molecule has 1 heterocycles. The van der Waals surface area contributed by atoms with Crippen molar-refractivity contribution in [1.29, 1.82) is 5.26 Å². The Morgan fingerprint density at radius 3 is 2.20 bits per heavy atom. The normalized spacial score (nSPS) is 37.0. The second-order valence-electron chi connectivity index (χ2n) is 7.26. The highest BCUT2D eigenvalue weighted by molar-refractivity contribution is 5.74. The van der Waals surface area contributed by atoms with Gasteiger partial charge in [-0.15, -0.1) is 0 Å². The Morgan fingerprint density at radius 1 is 1.20 bits per heavy atom. The van der Waals surface area contributed by atoms with E-state index >= 15 is 0 Å². The smallest absolute Gasteiger partial charge is 0.319 e. The van der Waals surface area contributed by atoms with E-state index in [1.807, 2.05) is 19.0 Å². The largest absolute Gasteiger partial charge is 0.331 e. The number of rotatable bonds is 1. The average Bonchev–Trinajstić information content (AvgIpc) is 3.11. The van der Waals surface area contributed by atoms with Crippen molar-refractivity contribution in [2.75, 3.05) is 27.2 Å². The average molecular weight is 275 g/mol. The molecule has 0 unspecified atom stereocenters. The second-order valence-corrected chi connectivity index (χ2v) is 7.26. The van der Waals surface area contributed by atoms with Gasteiger partial charge in [0.2, 0.25) is 0 Å². The molecule has 0 bridgehead atoms. The number of nitrogens with zero attached hydrogens (tertiary/aromatic N) is 3. The monoisotopic (exact) mass is 275 g/mol. The number of hydrogen-bond acceptors (Lipinski definition) is 2. The maximum Gasteiger partial charge on any atom is 0.319 e. The van der Waals surface area contributed by atoms with Crippen LogP contribution >= 0.6 is 0 Å². The molecule has 3 atom stereocenters. The maximum atomic E-state index is 12.1. The van der Waals surface area contributed by atoms with E-state index in [1.165, 1.54) is 25.7 Å². The zero-order valence-corrected chi connectivity index (χ0v) is 12.6. The summed E-state index contributed by atoms with van der Waals surface area (Å²) in [5.41, 5.74) is -0.0703. The SMILES string of the molecule is CN(C)C(=O)N1C[C@@H]2C[C@@](C#N)(C3CCCC3)C[C@@H]2C1. The maximum absolute atomic E-state index is 12.1. The third kappa shape index (κ3) is 2.08. The summed E-state index contributed by atoms with van der Waals surface area (Å²) in [7, 11) is 3.63. The van der Waals surface area contributed by atoms with Gasteiger partial charge in [-0.2, -0.15) is 5.26 Å². The van der Waals surface area contributed by atoms with Crippen molar-refractivity contribution < 1.29 is 4.79 Å². The van der Waals surface area contributed by atoms with Gasteiger partial charge in [-0.3, -0.25) is 0 Å². The van der Waals surface area contributed by atoms with E-state index in [0.29, 0.717) is 17.8 Å². The predicted molar refractivity (Wildman–Crippen MR) is 76.9 cm³/mol. The van der Waals surface area contributed by atoms with E-state index in [9.17, 15) is 10.1 Å². The fraction of sp³-hybridized carbons (Fsp3) is 0.875. The number of urea groups is 1. The molecule has 20 heavy (non-hydrogen) atoms. The molecule has 2 aliphatic carbocycles. The van der Waals surface area contributed by atoms with Crippen LogP contribution in [-0.2, 0) is 0 Å². The highest BCUT2D eigenvalue weighted by atomic mass is 16.2. The van der Waals surface area contributed by atoms with Crippen LogP contribution in [0.5, 0.6) is 0 Å². The van der Waals surface area contributed by atoms with Gasteiger partial charge >= 0.3 is 6.03 Å². The first-order valence-corrected chi connectivity index (χ1v) is 7.93. The first kappa shape index (κ1) is 13.7. The Bertz CT molecular complexity index is 419. The van der Waals surface area contributed by atoms with Gasteiger partial charge in [-0.25, -0.2) is 4.79 Å². The molecular weight excluding hydrogens is 250 g/mol. The van der Waals surface area contributed by atoms with Crippen LogP contribution in [0.25, 0.3) is 0 Å². The molecule has 3 rings (SSSR count). The lowest BCUT2D eigenvalue weighted by Crippen LogP contribution is -2.39. The summed E-state index contributed by atoms with van der Waals surface area (Å²) in [4.78, 5) is 15.7. The van der Waals surface area contributed by atoms with Crippen molar-refractivity contribution in [3.8, 4) is 6.07 Å². The predicted octanol–water partition coefficient (Wildman–Crippen LogP) is 2.71. The lowest BCUT2D eigenvalue weighted by molar-refractivity contribution is 0.168. The summed E-state index contributed by atoms with van der Waals surface area (Å²) in [6, 6.07) is 2.83. The van der Waals surface area contributed by atoms with Crippen LogP contribution in [0.1, 0.15) is 38.5 Å². The summed E-state index contributed by atoms with van der Waals surface area (Å²) in [5.74, 6) is 1.73. The first-order chi connectivity index (χ1) is 9.55. The number of likely N-dealkylation sites (tertiary alicyclic amines) is 1. The van der Waals surface area contributed by atoms with Crippen molar-refractivity contribution >= 4 is 6.03 Å². The van der Waals surface area contributed by atoms with E-state index in [4.69, 9.17) is 0 Å². The quantitative estimate of drug-likeness (QED) is 0.738. The van der Waals surface area contributed by atoms with Crippen molar-refractivity contribution in [3.05, 3.63) is 0 Å². The third-order valence-corrected chi connectivity index (χ3v) is 5.84. The van der Waals surface area contributed by atoms with Crippen molar-refractivity contribution in [2.45, 2.75) is 38.5 Å². The van der Waals surface area contributed by atoms with Crippen LogP contribution in [-0.4, -0.2) is 43.0 Å². The Hall–Kier alpha value is -1.24. The molecule has 2 amide bonds. The summed E-state index contributed by atoms with van der Waals surface area (Å²) in [5, 5.41) is 9.76. The topological polar surface area (TPSA) is 47.3 Å². The van der Waals surface area contributed by atoms with Crippen molar-refractivity contribution in [2.24, 2.45) is 23.2 Å². The number of hydrogen-bond donors (Lipinski definition) is 0. The zero-order chi connectivity index (χ0) is 14.3. The van der Waals surface area contributed by atoms with Crippen molar-refractivity contribution in [1.82, 2.24) is 9.80 Å². The van der Waals surface area contributed by atoms with Gasteiger partial charge in [0.25, 0.3) is 0 Å². The van der Waals surface area contributed by atoms with Crippen LogP contribution < -0.4 is 0 Å². The molecule has 2 saturated carbocycles. The minimum absolute atomic E-state index is 0.0703. The standard InChI is InChI=1S/C16H25N3O/c1-18(2)15(20)19-9-12-7-16(11-17,8-13(12)10-19)14-5-3-4-6-14/h12-14H,3-10H2,1-2H3/t12-,13+,16+. The fourth-order valence-electron chi connectivity index (χ4n) is 4.85. The number of amides is 2. The Balaban J connectivity index is 1.68. The van der Waals surface area contributed by atoms with Gasteiger partial charge in [0.1, 0.15) is 0 Å². The van der Waals surface area contributed by atoms with Gasteiger partial charge in [0.05, 0.1) is 11.5 Å². The molecule has 0 N–H and O–H groups in total. The zero-order valence-electron chi connectivity index (χ0n) is 12.6. The molecule has 0 radical (unpaired) electrons. The highest BCUT2D eigenvalue weighted by Crippen LogP contribution is 2.56. The van der Waals surface area contributed by atoms with Crippen LogP contribution in [0, 0.1) is 34.5 Å². The number of carbonyl (C=O) groups is 1. The van der Waals surface area contributed by atoms with Gasteiger partial charge in [-0.05, 0) is 43.4 Å². The van der Waals surface area contributed by atoms with Crippen LogP contribution in [0.15, 0.2) is 0 Å².